The molecule has 9 nitrogen and oxygen atoms in total. The van der Waals surface area contributed by atoms with E-state index >= 15 is 0 Å². The van der Waals surface area contributed by atoms with Crippen molar-refractivity contribution in [1.29, 1.82) is 0 Å². The van der Waals surface area contributed by atoms with E-state index in [0.717, 1.165) is 4.90 Å². The Morgan fingerprint density at radius 2 is 1.96 bits per heavy atom. The van der Waals surface area contributed by atoms with Gasteiger partial charge < -0.3 is 20.1 Å². The minimum Gasteiger partial charge on any atom is -0.534 e. The third kappa shape index (κ3) is 3.55. The summed E-state index contributed by atoms with van der Waals surface area (Å²) < 4.78 is 5.29. The quantitative estimate of drug-likeness (QED) is 0.470. The van der Waals surface area contributed by atoms with Crippen molar-refractivity contribution in [1.82, 2.24) is 10.2 Å². The van der Waals surface area contributed by atoms with E-state index in [-0.39, 0.29) is 55.4 Å². The lowest BCUT2D eigenvalue weighted by atomic mass is 9.72. The lowest BCUT2D eigenvalue weighted by Crippen LogP contribution is -2.53. The number of nitrogens with one attached hydrogen (secondary N) is 1. The van der Waals surface area contributed by atoms with Crippen LogP contribution < -0.4 is 9.97 Å². The molecule has 0 unspecified atom stereocenters. The first-order valence-corrected chi connectivity index (χ1v) is 8.19. The maximum Gasteiger partial charge on any atom is 0.547 e. The molecular weight excluding hydrogens is 343 g/mol. The molecule has 1 fully saturated rings. The summed E-state index contributed by atoms with van der Waals surface area (Å²) in [6.07, 6.45) is 0.449. The molecule has 2 heterocycles. The van der Waals surface area contributed by atoms with Crippen LogP contribution in [0.15, 0.2) is 18.2 Å². The largest absolute Gasteiger partial charge is 0.547 e. The molecule has 2 aliphatic heterocycles. The summed E-state index contributed by atoms with van der Waals surface area (Å²) in [5, 5.41) is 21.9. The molecule has 3 rings (SSSR count). The number of hydrogen-bond donors (Lipinski definition) is 3. The highest BCUT2D eigenvalue weighted by atomic mass is 16.5. The molecule has 0 aromatic heterocycles. The van der Waals surface area contributed by atoms with Gasteiger partial charge in [-0.2, -0.15) is 0 Å². The van der Waals surface area contributed by atoms with E-state index in [1.54, 1.807) is 12.1 Å². The molecule has 1 atom stereocenters. The van der Waals surface area contributed by atoms with Crippen LogP contribution in [0.5, 0.6) is 5.75 Å². The molecule has 0 aliphatic carbocycles. The number of amides is 3. The van der Waals surface area contributed by atoms with Gasteiger partial charge in [0.1, 0.15) is 5.75 Å². The summed E-state index contributed by atoms with van der Waals surface area (Å²) in [5.74, 6) is -2.87. The van der Waals surface area contributed by atoms with E-state index in [1.165, 1.54) is 6.07 Å². The van der Waals surface area contributed by atoms with Crippen molar-refractivity contribution in [3.05, 3.63) is 29.3 Å². The van der Waals surface area contributed by atoms with Crippen LogP contribution in [0.2, 0.25) is 0 Å². The van der Waals surface area contributed by atoms with Crippen LogP contribution in [0.1, 0.15) is 35.2 Å². The third-order valence-electron chi connectivity index (χ3n) is 4.41. The second kappa shape index (κ2) is 7.16. The predicted molar refractivity (Wildman–Crippen MR) is 88.2 cm³/mol. The summed E-state index contributed by atoms with van der Waals surface area (Å²) in [6.45, 7) is -0.00702. The molecule has 1 aromatic rings. The zero-order valence-electron chi connectivity index (χ0n) is 13.8. The molecule has 2 aliphatic rings. The van der Waals surface area contributed by atoms with Crippen molar-refractivity contribution in [3.8, 4) is 5.75 Å². The first-order chi connectivity index (χ1) is 12.4. The van der Waals surface area contributed by atoms with Crippen molar-refractivity contribution >= 4 is 30.8 Å². The van der Waals surface area contributed by atoms with E-state index in [1.807, 2.05) is 0 Å². The second-order valence-electron chi connectivity index (χ2n) is 6.17. The van der Waals surface area contributed by atoms with Crippen molar-refractivity contribution in [2.45, 2.75) is 31.6 Å². The molecule has 3 amide bonds. The third-order valence-corrected chi connectivity index (χ3v) is 4.41. The average molecular weight is 360 g/mol. The number of fused-ring (bicyclic) bond motifs is 1. The maximum absolute atomic E-state index is 12.1. The number of hydrogen-bond acceptors (Lipinski definition) is 6. The number of carbonyl (C=O) groups excluding carboxylic acids is 3. The van der Waals surface area contributed by atoms with E-state index in [0.29, 0.717) is 5.56 Å². The molecule has 136 valence electrons. The molecule has 0 saturated carbocycles. The SMILES string of the molecule is O=C(CCN1C(=O)CCC1=O)N[C@H]1Cc2cccc(C(=O)O)c2OB1O. The fourth-order valence-electron chi connectivity index (χ4n) is 3.08. The van der Waals surface area contributed by atoms with Crippen LogP contribution in [0, 0.1) is 0 Å². The van der Waals surface area contributed by atoms with Crippen LogP contribution in [0.3, 0.4) is 0 Å². The number of carbonyl (C=O) groups is 4. The van der Waals surface area contributed by atoms with Gasteiger partial charge in [0.15, 0.2) is 0 Å². The minimum absolute atomic E-state index is 0.00702. The minimum atomic E-state index is -1.40. The Kier molecular flexibility index (Phi) is 4.94. The topological polar surface area (TPSA) is 133 Å². The van der Waals surface area contributed by atoms with Crippen molar-refractivity contribution in [2.75, 3.05) is 6.54 Å². The zero-order chi connectivity index (χ0) is 18.8. The normalized spacial score (nSPS) is 19.2. The van der Waals surface area contributed by atoms with Gasteiger partial charge in [-0.05, 0) is 18.1 Å². The summed E-state index contributed by atoms with van der Waals surface area (Å²) in [5.41, 5.74) is 0.503. The fourth-order valence-corrected chi connectivity index (χ4v) is 3.08. The van der Waals surface area contributed by atoms with Gasteiger partial charge >= 0.3 is 13.1 Å². The lowest BCUT2D eigenvalue weighted by molar-refractivity contribution is -0.138. The monoisotopic (exact) mass is 360 g/mol. The Labute approximate surface area is 149 Å². The number of aromatic carboxylic acids is 1. The van der Waals surface area contributed by atoms with E-state index < -0.39 is 24.9 Å². The standard InChI is InChI=1S/C16H17BN2O7/c20-12(6-7-19-13(21)4-5-14(19)22)18-11-8-9-2-1-3-10(16(23)24)15(9)26-17(11)25/h1-3,11,25H,4-8H2,(H,18,20)(H,23,24)/t11-/m0/s1. The Hall–Kier alpha value is -2.88. The average Bonchev–Trinajstić information content (AvgIpc) is 2.91. The van der Waals surface area contributed by atoms with E-state index in [2.05, 4.69) is 5.32 Å². The lowest BCUT2D eigenvalue weighted by Gasteiger charge is -2.29. The molecule has 1 saturated heterocycles. The van der Waals surface area contributed by atoms with Gasteiger partial charge in [-0.1, -0.05) is 12.1 Å². The number of carboxylic acid groups (broad SMARTS) is 1. The highest BCUT2D eigenvalue weighted by Gasteiger charge is 2.38. The number of benzene rings is 1. The number of likely N-dealkylation sites (tertiary alicyclic amines) is 1. The Morgan fingerprint density at radius 1 is 1.27 bits per heavy atom. The molecular formula is C16H17BN2O7. The van der Waals surface area contributed by atoms with Crippen LogP contribution in [-0.4, -0.2) is 58.3 Å². The number of nitrogens with zero attached hydrogens (tertiary/aromatic N) is 1. The van der Waals surface area contributed by atoms with E-state index in [9.17, 15) is 24.2 Å². The number of rotatable bonds is 5. The van der Waals surface area contributed by atoms with Crippen LogP contribution >= 0.6 is 0 Å². The van der Waals surface area contributed by atoms with Crippen LogP contribution in [0.25, 0.3) is 0 Å². The van der Waals surface area contributed by atoms with Gasteiger partial charge in [-0.3, -0.25) is 19.3 Å². The van der Waals surface area contributed by atoms with Crippen molar-refractivity contribution in [2.24, 2.45) is 0 Å². The number of para-hydroxylation sites is 1. The number of carboxylic acids is 1. The molecule has 1 aromatic carbocycles. The highest BCUT2D eigenvalue weighted by molar-refractivity contribution is 6.47. The summed E-state index contributed by atoms with van der Waals surface area (Å²) in [6, 6.07) is 4.60. The van der Waals surface area contributed by atoms with Gasteiger partial charge in [0.25, 0.3) is 0 Å². The van der Waals surface area contributed by atoms with Gasteiger partial charge in [0.2, 0.25) is 17.7 Å². The summed E-state index contributed by atoms with van der Waals surface area (Å²) in [7, 11) is -1.40. The van der Waals surface area contributed by atoms with Gasteiger partial charge in [0, 0.05) is 25.8 Å². The van der Waals surface area contributed by atoms with Crippen LogP contribution in [-0.2, 0) is 20.8 Å². The Balaban J connectivity index is 1.61. The maximum atomic E-state index is 12.1. The smallest absolute Gasteiger partial charge is 0.534 e. The molecule has 0 spiro atoms. The summed E-state index contributed by atoms with van der Waals surface area (Å²) >= 11 is 0. The summed E-state index contributed by atoms with van der Waals surface area (Å²) in [4.78, 5) is 47.4. The molecule has 10 heteroatoms. The highest BCUT2D eigenvalue weighted by Crippen LogP contribution is 2.30. The van der Waals surface area contributed by atoms with Gasteiger partial charge in [-0.25, -0.2) is 4.79 Å². The van der Waals surface area contributed by atoms with Gasteiger partial charge in [0.05, 0.1) is 11.5 Å². The Bertz CT molecular complexity index is 766. The fraction of sp³-hybridized carbons (Fsp3) is 0.375. The molecule has 26 heavy (non-hydrogen) atoms. The van der Waals surface area contributed by atoms with E-state index in [4.69, 9.17) is 9.76 Å². The first kappa shape index (κ1) is 17.9. The predicted octanol–water partition coefficient (Wildman–Crippen LogP) is -0.637. The Morgan fingerprint density at radius 3 is 2.62 bits per heavy atom. The van der Waals surface area contributed by atoms with Crippen LogP contribution in [0.4, 0.5) is 0 Å². The van der Waals surface area contributed by atoms with Crippen molar-refractivity contribution in [3.63, 3.8) is 0 Å². The zero-order valence-corrected chi connectivity index (χ0v) is 13.8. The van der Waals surface area contributed by atoms with Crippen molar-refractivity contribution < 1.29 is 34.0 Å². The molecule has 0 radical (unpaired) electrons. The number of imide groups is 1. The van der Waals surface area contributed by atoms with Gasteiger partial charge in [-0.15, -0.1) is 0 Å². The second-order valence-corrected chi connectivity index (χ2v) is 6.17. The molecule has 3 N–H and O–H groups in total. The molecule has 0 bridgehead atoms. The first-order valence-electron chi connectivity index (χ1n) is 8.19.